The van der Waals surface area contributed by atoms with E-state index < -0.39 is 0 Å². The maximum atomic E-state index is 5.96. The Bertz CT molecular complexity index is 664. The van der Waals surface area contributed by atoms with E-state index >= 15 is 0 Å². The summed E-state index contributed by atoms with van der Waals surface area (Å²) in [5, 5.41) is 3.56. The van der Waals surface area contributed by atoms with Gasteiger partial charge in [-0.1, -0.05) is 19.9 Å². The number of ether oxygens (including phenoxy) is 1. The maximum absolute atomic E-state index is 5.96. The van der Waals surface area contributed by atoms with Crippen molar-refractivity contribution in [2.75, 3.05) is 23.9 Å². The van der Waals surface area contributed by atoms with E-state index in [0.29, 0.717) is 12.0 Å². The smallest absolute Gasteiger partial charge is 0.134 e. The highest BCUT2D eigenvalue weighted by Gasteiger charge is 2.28. The molecule has 1 N–H and O–H groups in total. The van der Waals surface area contributed by atoms with Gasteiger partial charge >= 0.3 is 0 Å². The van der Waals surface area contributed by atoms with E-state index in [4.69, 9.17) is 4.74 Å². The third-order valence-corrected chi connectivity index (χ3v) is 4.54. The molecule has 0 aliphatic carbocycles. The first kappa shape index (κ1) is 17.6. The third-order valence-electron chi connectivity index (χ3n) is 4.54. The Hall–Kier alpha value is -2.21. The van der Waals surface area contributed by atoms with E-state index in [1.54, 1.807) is 12.5 Å². The first-order valence-electron chi connectivity index (χ1n) is 8.93. The van der Waals surface area contributed by atoms with E-state index in [1.807, 2.05) is 25.4 Å². The van der Waals surface area contributed by atoms with Crippen molar-refractivity contribution in [3.8, 4) is 0 Å². The van der Waals surface area contributed by atoms with E-state index in [1.165, 1.54) is 0 Å². The van der Waals surface area contributed by atoms with E-state index in [0.717, 1.165) is 43.2 Å². The van der Waals surface area contributed by atoms with Gasteiger partial charge in [-0.25, -0.2) is 9.97 Å². The highest BCUT2D eigenvalue weighted by Crippen LogP contribution is 2.24. The second-order valence-corrected chi connectivity index (χ2v) is 6.95. The van der Waals surface area contributed by atoms with E-state index in [2.05, 4.69) is 45.1 Å². The molecule has 3 heterocycles. The van der Waals surface area contributed by atoms with Crippen molar-refractivity contribution in [1.29, 1.82) is 0 Å². The molecule has 0 bridgehead atoms. The molecule has 134 valence electrons. The van der Waals surface area contributed by atoms with Crippen molar-refractivity contribution < 1.29 is 4.74 Å². The lowest BCUT2D eigenvalue weighted by Gasteiger charge is -2.35. The molecule has 0 amide bonds. The summed E-state index contributed by atoms with van der Waals surface area (Å²) >= 11 is 0. The van der Waals surface area contributed by atoms with Crippen LogP contribution in [0.1, 0.15) is 32.3 Å². The molecule has 2 aromatic rings. The van der Waals surface area contributed by atoms with Crippen LogP contribution in [0, 0.1) is 5.92 Å². The maximum Gasteiger partial charge on any atom is 0.134 e. The number of nitrogens with one attached hydrogen (secondary N) is 1. The minimum Gasteiger partial charge on any atom is -0.376 e. The Morgan fingerprint density at radius 1 is 1.36 bits per heavy atom. The van der Waals surface area contributed by atoms with Crippen LogP contribution in [0.25, 0.3) is 0 Å². The lowest BCUT2D eigenvalue weighted by molar-refractivity contribution is -0.0203. The van der Waals surface area contributed by atoms with Gasteiger partial charge in [-0.2, -0.15) is 0 Å². The van der Waals surface area contributed by atoms with Crippen LogP contribution in [0.5, 0.6) is 0 Å². The molecule has 2 atom stereocenters. The van der Waals surface area contributed by atoms with Crippen molar-refractivity contribution in [2.24, 2.45) is 5.92 Å². The normalized spacial score (nSPS) is 20.5. The fourth-order valence-electron chi connectivity index (χ4n) is 3.29. The Morgan fingerprint density at radius 3 is 3.00 bits per heavy atom. The van der Waals surface area contributed by atoms with Gasteiger partial charge in [0.1, 0.15) is 18.0 Å². The van der Waals surface area contributed by atoms with Crippen molar-refractivity contribution in [3.63, 3.8) is 0 Å². The molecule has 2 aromatic heterocycles. The zero-order valence-electron chi connectivity index (χ0n) is 15.2. The van der Waals surface area contributed by atoms with Crippen LogP contribution in [-0.2, 0) is 11.3 Å². The summed E-state index contributed by atoms with van der Waals surface area (Å²) in [6, 6.07) is 6.31. The number of hydrogen-bond acceptors (Lipinski definition) is 6. The number of pyridine rings is 1. The van der Waals surface area contributed by atoms with Crippen LogP contribution in [0.2, 0.25) is 0 Å². The Morgan fingerprint density at radius 2 is 2.24 bits per heavy atom. The molecule has 6 heteroatoms. The molecule has 3 rings (SSSR count). The minimum absolute atomic E-state index is 0.222. The van der Waals surface area contributed by atoms with Gasteiger partial charge < -0.3 is 15.0 Å². The number of hydrogen-bond donors (Lipinski definition) is 1. The fraction of sp³-hybridized carbons (Fsp3) is 0.526. The lowest BCUT2D eigenvalue weighted by atomic mass is 9.94. The summed E-state index contributed by atoms with van der Waals surface area (Å²) in [5.41, 5.74) is 1.15. The number of aromatic nitrogens is 3. The molecule has 1 aliphatic heterocycles. The topological polar surface area (TPSA) is 63.2 Å². The van der Waals surface area contributed by atoms with Gasteiger partial charge in [0.15, 0.2) is 0 Å². The molecule has 1 saturated heterocycles. The summed E-state index contributed by atoms with van der Waals surface area (Å²) in [6.07, 6.45) is 7.69. The summed E-state index contributed by atoms with van der Waals surface area (Å²) in [6.45, 7) is 6.02. The molecule has 1 aliphatic rings. The number of rotatable bonds is 6. The zero-order chi connectivity index (χ0) is 17.6. The van der Waals surface area contributed by atoms with Crippen LogP contribution in [-0.4, -0.2) is 40.8 Å². The van der Waals surface area contributed by atoms with Gasteiger partial charge in [0.05, 0.1) is 12.1 Å². The number of nitrogens with zero attached hydrogens (tertiary/aromatic N) is 4. The first-order chi connectivity index (χ1) is 12.1. The Labute approximate surface area is 149 Å². The highest BCUT2D eigenvalue weighted by atomic mass is 16.5. The van der Waals surface area contributed by atoms with Crippen LogP contribution >= 0.6 is 0 Å². The molecule has 0 radical (unpaired) electrons. The molecule has 25 heavy (non-hydrogen) atoms. The van der Waals surface area contributed by atoms with E-state index in [-0.39, 0.29) is 6.10 Å². The van der Waals surface area contributed by atoms with Crippen molar-refractivity contribution in [1.82, 2.24) is 15.0 Å². The monoisotopic (exact) mass is 341 g/mol. The van der Waals surface area contributed by atoms with Gasteiger partial charge in [0.2, 0.25) is 0 Å². The SMILES string of the molecule is CC(C)C1OCCCC1Nc1cc(N(C)Cc2cccnc2)ncn1. The van der Waals surface area contributed by atoms with E-state index in [9.17, 15) is 0 Å². The predicted octanol–water partition coefficient (Wildman–Crippen LogP) is 3.12. The summed E-state index contributed by atoms with van der Waals surface area (Å²) in [4.78, 5) is 15.1. The average Bonchev–Trinajstić information content (AvgIpc) is 2.63. The van der Waals surface area contributed by atoms with Crippen LogP contribution in [0.3, 0.4) is 0 Å². The van der Waals surface area contributed by atoms with Gasteiger partial charge in [0.25, 0.3) is 0 Å². The number of anilines is 2. The largest absolute Gasteiger partial charge is 0.376 e. The Kier molecular flexibility index (Phi) is 5.81. The first-order valence-corrected chi connectivity index (χ1v) is 8.93. The van der Waals surface area contributed by atoms with Gasteiger partial charge in [-0.05, 0) is 30.4 Å². The molecular formula is C19H27N5O. The van der Waals surface area contributed by atoms with Crippen molar-refractivity contribution in [2.45, 2.75) is 45.4 Å². The quantitative estimate of drug-likeness (QED) is 0.871. The fourth-order valence-corrected chi connectivity index (χ4v) is 3.29. The van der Waals surface area contributed by atoms with Crippen molar-refractivity contribution in [3.05, 3.63) is 42.5 Å². The van der Waals surface area contributed by atoms with Crippen LogP contribution in [0.4, 0.5) is 11.6 Å². The minimum atomic E-state index is 0.222. The van der Waals surface area contributed by atoms with Crippen LogP contribution in [0.15, 0.2) is 36.9 Å². The molecule has 6 nitrogen and oxygen atoms in total. The predicted molar refractivity (Wildman–Crippen MR) is 99.6 cm³/mol. The average molecular weight is 341 g/mol. The second kappa shape index (κ2) is 8.25. The third kappa shape index (κ3) is 4.66. The van der Waals surface area contributed by atoms with Crippen LogP contribution < -0.4 is 10.2 Å². The second-order valence-electron chi connectivity index (χ2n) is 6.95. The molecule has 0 spiro atoms. The van der Waals surface area contributed by atoms with Gasteiger partial charge in [0, 0.05) is 38.7 Å². The van der Waals surface area contributed by atoms with Crippen molar-refractivity contribution >= 4 is 11.6 Å². The van der Waals surface area contributed by atoms with Gasteiger partial charge in [-0.15, -0.1) is 0 Å². The summed E-state index contributed by atoms with van der Waals surface area (Å²) in [7, 11) is 2.03. The molecule has 1 fully saturated rings. The summed E-state index contributed by atoms with van der Waals surface area (Å²) < 4.78 is 5.96. The molecule has 2 unspecified atom stereocenters. The van der Waals surface area contributed by atoms with Gasteiger partial charge in [-0.3, -0.25) is 4.98 Å². The molecule has 0 saturated carbocycles. The molecule has 0 aromatic carbocycles. The molecular weight excluding hydrogens is 314 g/mol. The highest BCUT2D eigenvalue weighted by molar-refractivity contribution is 5.49. The Balaban J connectivity index is 1.68. The summed E-state index contributed by atoms with van der Waals surface area (Å²) in [5.74, 6) is 2.22. The standard InChI is InChI=1S/C19H27N5O/c1-14(2)19-16(7-5-9-25-19)23-17-10-18(22-13-21-17)24(3)12-15-6-4-8-20-11-15/h4,6,8,10-11,13-14,16,19H,5,7,9,12H2,1-3H3,(H,21,22,23). The zero-order valence-corrected chi connectivity index (χ0v) is 15.2. The lowest BCUT2D eigenvalue weighted by Crippen LogP contribution is -2.43.